The molecule has 4 amide bonds. The molecule has 9 nitrogen and oxygen atoms in total. The van der Waals surface area contributed by atoms with Crippen molar-refractivity contribution < 1.29 is 19.3 Å². The summed E-state index contributed by atoms with van der Waals surface area (Å²) < 4.78 is 0. The maximum absolute atomic E-state index is 12.7. The Morgan fingerprint density at radius 3 is 2.28 bits per heavy atom. The van der Waals surface area contributed by atoms with Crippen LogP contribution in [0.3, 0.4) is 0 Å². The highest BCUT2D eigenvalue weighted by Gasteiger charge is 2.49. The number of nitrogens with one attached hydrogen (secondary N) is 1. The van der Waals surface area contributed by atoms with Gasteiger partial charge in [-0.2, -0.15) is 0 Å². The van der Waals surface area contributed by atoms with E-state index in [2.05, 4.69) is 5.32 Å². The molecule has 0 radical (unpaired) electrons. The second-order valence-corrected chi connectivity index (χ2v) is 5.82. The molecular formula is C16H20N4O5. The Kier molecular flexibility index (Phi) is 5.05. The predicted molar refractivity (Wildman–Crippen MR) is 88.6 cm³/mol. The average Bonchev–Trinajstić information content (AvgIpc) is 2.80. The Morgan fingerprint density at radius 1 is 1.24 bits per heavy atom. The van der Waals surface area contributed by atoms with Crippen LogP contribution in [0.5, 0.6) is 0 Å². The number of hydrogen-bond acceptors (Lipinski definition) is 5. The molecule has 1 atom stereocenters. The van der Waals surface area contributed by atoms with Crippen molar-refractivity contribution in [1.29, 1.82) is 0 Å². The zero-order valence-electron chi connectivity index (χ0n) is 14.3. The van der Waals surface area contributed by atoms with Crippen molar-refractivity contribution >= 4 is 23.5 Å². The summed E-state index contributed by atoms with van der Waals surface area (Å²) in [5, 5.41) is 13.3. The van der Waals surface area contributed by atoms with E-state index < -0.39 is 22.4 Å². The number of imide groups is 1. The predicted octanol–water partition coefficient (Wildman–Crippen LogP) is 1.23. The average molecular weight is 348 g/mol. The fourth-order valence-electron chi connectivity index (χ4n) is 2.76. The van der Waals surface area contributed by atoms with Gasteiger partial charge in [0.15, 0.2) is 0 Å². The number of hydrogen-bond donors (Lipinski definition) is 1. The number of urea groups is 1. The first-order valence-corrected chi connectivity index (χ1v) is 7.91. The molecule has 0 spiro atoms. The minimum Gasteiger partial charge on any atom is -0.342 e. The van der Waals surface area contributed by atoms with Crippen molar-refractivity contribution in [3.63, 3.8) is 0 Å². The van der Waals surface area contributed by atoms with Gasteiger partial charge in [-0.15, -0.1) is 0 Å². The molecular weight excluding hydrogens is 328 g/mol. The fourth-order valence-corrected chi connectivity index (χ4v) is 2.76. The highest BCUT2D eigenvalue weighted by molar-refractivity contribution is 6.09. The third kappa shape index (κ3) is 3.30. The van der Waals surface area contributed by atoms with E-state index >= 15 is 0 Å². The summed E-state index contributed by atoms with van der Waals surface area (Å²) in [6.07, 6.45) is 0. The van der Waals surface area contributed by atoms with Gasteiger partial charge >= 0.3 is 6.03 Å². The Balaban J connectivity index is 2.24. The first kappa shape index (κ1) is 18.4. The molecule has 0 bridgehead atoms. The number of amides is 4. The third-order valence-corrected chi connectivity index (χ3v) is 4.34. The molecule has 9 heteroatoms. The largest absolute Gasteiger partial charge is 0.342 e. The van der Waals surface area contributed by atoms with Gasteiger partial charge in [-0.05, 0) is 38.5 Å². The Hall–Kier alpha value is -2.97. The summed E-state index contributed by atoms with van der Waals surface area (Å²) in [4.78, 5) is 49.7. The molecule has 0 unspecified atom stereocenters. The highest BCUT2D eigenvalue weighted by Crippen LogP contribution is 2.30. The van der Waals surface area contributed by atoms with Gasteiger partial charge in [-0.1, -0.05) is 0 Å². The number of rotatable bonds is 6. The van der Waals surface area contributed by atoms with Crippen LogP contribution in [0.25, 0.3) is 0 Å². The van der Waals surface area contributed by atoms with E-state index in [1.807, 2.05) is 13.8 Å². The molecule has 1 heterocycles. The number of nitrogens with zero attached hydrogens (tertiary/aromatic N) is 3. The first-order valence-electron chi connectivity index (χ1n) is 7.91. The lowest BCUT2D eigenvalue weighted by atomic mass is 9.92. The summed E-state index contributed by atoms with van der Waals surface area (Å²) in [7, 11) is 0. The van der Waals surface area contributed by atoms with Crippen LogP contribution < -0.4 is 5.32 Å². The lowest BCUT2D eigenvalue weighted by molar-refractivity contribution is -0.384. The lowest BCUT2D eigenvalue weighted by Crippen LogP contribution is -2.44. The van der Waals surface area contributed by atoms with E-state index in [-0.39, 0.29) is 18.1 Å². The van der Waals surface area contributed by atoms with E-state index in [1.54, 1.807) is 0 Å². The monoisotopic (exact) mass is 348 g/mol. The zero-order valence-corrected chi connectivity index (χ0v) is 14.3. The standard InChI is InChI=1S/C16H20N4O5/c1-4-18(5-2)13(21)10-19-14(22)16(3,17-15(19)23)11-6-8-12(9-7-11)20(24)25/h6-9H,4-5,10H2,1-3H3,(H,17,23)/t16-/m0/s1. The lowest BCUT2D eigenvalue weighted by Gasteiger charge is -2.23. The van der Waals surface area contributed by atoms with Gasteiger partial charge in [0.2, 0.25) is 5.91 Å². The third-order valence-electron chi connectivity index (χ3n) is 4.34. The quantitative estimate of drug-likeness (QED) is 0.472. The van der Waals surface area contributed by atoms with Crippen molar-refractivity contribution in [2.24, 2.45) is 0 Å². The van der Waals surface area contributed by atoms with Gasteiger partial charge in [0, 0.05) is 25.2 Å². The van der Waals surface area contributed by atoms with E-state index in [9.17, 15) is 24.5 Å². The van der Waals surface area contributed by atoms with Gasteiger partial charge < -0.3 is 10.2 Å². The van der Waals surface area contributed by atoms with Gasteiger partial charge in [0.25, 0.3) is 11.6 Å². The van der Waals surface area contributed by atoms with Crippen LogP contribution in [0, 0.1) is 10.1 Å². The zero-order chi connectivity index (χ0) is 18.8. The molecule has 1 saturated heterocycles. The van der Waals surface area contributed by atoms with Crippen LogP contribution in [0.1, 0.15) is 26.3 Å². The summed E-state index contributed by atoms with van der Waals surface area (Å²) in [5.41, 5.74) is -1.07. The smallest absolute Gasteiger partial charge is 0.325 e. The Bertz CT molecular complexity index is 714. The number of carbonyl (C=O) groups is 3. The van der Waals surface area contributed by atoms with Crippen molar-refractivity contribution in [3.05, 3.63) is 39.9 Å². The number of non-ortho nitro benzene ring substituents is 1. The van der Waals surface area contributed by atoms with Crippen LogP contribution in [0.2, 0.25) is 0 Å². The number of carbonyl (C=O) groups excluding carboxylic acids is 3. The number of likely N-dealkylation sites (N-methyl/N-ethyl adjacent to an activating group) is 1. The second-order valence-electron chi connectivity index (χ2n) is 5.82. The maximum atomic E-state index is 12.7. The highest BCUT2D eigenvalue weighted by atomic mass is 16.6. The van der Waals surface area contributed by atoms with Crippen molar-refractivity contribution in [2.45, 2.75) is 26.3 Å². The summed E-state index contributed by atoms with van der Waals surface area (Å²) >= 11 is 0. The van der Waals surface area contributed by atoms with Crippen molar-refractivity contribution in [2.75, 3.05) is 19.6 Å². The minimum atomic E-state index is -1.37. The van der Waals surface area contributed by atoms with Crippen molar-refractivity contribution in [1.82, 2.24) is 15.1 Å². The van der Waals surface area contributed by atoms with Gasteiger partial charge in [0.05, 0.1) is 4.92 Å². The molecule has 1 aromatic carbocycles. The van der Waals surface area contributed by atoms with Crippen LogP contribution >= 0.6 is 0 Å². The first-order chi connectivity index (χ1) is 11.7. The molecule has 2 rings (SSSR count). The summed E-state index contributed by atoms with van der Waals surface area (Å²) in [5.74, 6) is -0.881. The normalized spacial score (nSPS) is 19.7. The fraction of sp³-hybridized carbons (Fsp3) is 0.438. The van der Waals surface area contributed by atoms with E-state index in [1.165, 1.54) is 36.1 Å². The minimum absolute atomic E-state index is 0.113. The van der Waals surface area contributed by atoms with Crippen LogP contribution in [-0.2, 0) is 15.1 Å². The van der Waals surface area contributed by atoms with Crippen molar-refractivity contribution in [3.8, 4) is 0 Å². The molecule has 1 aliphatic rings. The molecule has 0 saturated carbocycles. The molecule has 25 heavy (non-hydrogen) atoms. The number of nitro benzene ring substituents is 1. The molecule has 134 valence electrons. The molecule has 0 aliphatic carbocycles. The number of benzene rings is 1. The molecule has 1 fully saturated rings. The molecule has 1 aliphatic heterocycles. The second kappa shape index (κ2) is 6.88. The molecule has 1 N–H and O–H groups in total. The SMILES string of the molecule is CCN(CC)C(=O)CN1C(=O)N[C@@](C)(c2ccc([N+](=O)[O-])cc2)C1=O. The van der Waals surface area contributed by atoms with Gasteiger partial charge in [0.1, 0.15) is 12.1 Å². The summed E-state index contributed by atoms with van der Waals surface area (Å²) in [6, 6.07) is 4.72. The molecule has 1 aromatic rings. The van der Waals surface area contributed by atoms with Crippen LogP contribution in [-0.4, -0.2) is 52.2 Å². The van der Waals surface area contributed by atoms with Gasteiger partial charge in [-0.25, -0.2) is 4.79 Å². The van der Waals surface area contributed by atoms with E-state index in [0.29, 0.717) is 18.7 Å². The molecule has 0 aromatic heterocycles. The topological polar surface area (TPSA) is 113 Å². The van der Waals surface area contributed by atoms with E-state index in [0.717, 1.165) is 4.90 Å². The van der Waals surface area contributed by atoms with Gasteiger partial charge in [-0.3, -0.25) is 24.6 Å². The summed E-state index contributed by atoms with van der Waals surface area (Å²) in [6.45, 7) is 5.77. The Labute approximate surface area is 144 Å². The van der Waals surface area contributed by atoms with Crippen LogP contribution in [0.4, 0.5) is 10.5 Å². The van der Waals surface area contributed by atoms with Crippen LogP contribution in [0.15, 0.2) is 24.3 Å². The number of nitro groups is 1. The van der Waals surface area contributed by atoms with E-state index in [4.69, 9.17) is 0 Å². The maximum Gasteiger partial charge on any atom is 0.325 e. The Morgan fingerprint density at radius 2 is 1.80 bits per heavy atom.